The molecule has 1 aromatic rings. The maximum absolute atomic E-state index is 12.0. The van der Waals surface area contributed by atoms with Crippen LogP contribution in [0, 0.1) is 0 Å². The van der Waals surface area contributed by atoms with E-state index >= 15 is 0 Å². The molecule has 1 aromatic carbocycles. The van der Waals surface area contributed by atoms with E-state index in [1.54, 1.807) is 18.9 Å². The van der Waals surface area contributed by atoms with Gasteiger partial charge in [-0.25, -0.2) is 0 Å². The molecule has 0 aromatic heterocycles. The van der Waals surface area contributed by atoms with E-state index in [0.717, 1.165) is 40.9 Å². The minimum Gasteiger partial charge on any atom is -0.497 e. The lowest BCUT2D eigenvalue weighted by Crippen LogP contribution is -2.38. The molecule has 0 atom stereocenters. The highest BCUT2D eigenvalue weighted by atomic mass is 32.2. The van der Waals surface area contributed by atoms with Crippen LogP contribution >= 0.6 is 11.8 Å². The monoisotopic (exact) mass is 250 g/mol. The Morgan fingerprint density at radius 2 is 2.35 bits per heavy atom. The second-order valence-corrected chi connectivity index (χ2v) is 5.23. The van der Waals surface area contributed by atoms with E-state index < -0.39 is 0 Å². The zero-order chi connectivity index (χ0) is 11.8. The predicted molar refractivity (Wildman–Crippen MR) is 69.2 cm³/mol. The number of carbonyl (C=O) groups is 1. The van der Waals surface area contributed by atoms with Gasteiger partial charge in [0.05, 0.1) is 18.5 Å². The first-order valence-corrected chi connectivity index (χ1v) is 6.67. The van der Waals surface area contributed by atoms with Crippen LogP contribution in [0.4, 0.5) is 11.4 Å². The number of nitrogens with one attached hydrogen (secondary N) is 1. The summed E-state index contributed by atoms with van der Waals surface area (Å²) in [5.41, 5.74) is 2.04. The van der Waals surface area contributed by atoms with Crippen molar-refractivity contribution in [2.45, 2.75) is 11.3 Å². The van der Waals surface area contributed by atoms with Crippen LogP contribution in [0.15, 0.2) is 17.0 Å². The van der Waals surface area contributed by atoms with Gasteiger partial charge in [0.1, 0.15) is 5.75 Å². The summed E-state index contributed by atoms with van der Waals surface area (Å²) in [4.78, 5) is 15.0. The minimum absolute atomic E-state index is 0.226. The Morgan fingerprint density at radius 1 is 1.47 bits per heavy atom. The molecule has 1 N–H and O–H groups in total. The van der Waals surface area contributed by atoms with Gasteiger partial charge in [-0.3, -0.25) is 4.79 Å². The molecule has 2 heterocycles. The van der Waals surface area contributed by atoms with Gasteiger partial charge in [0, 0.05) is 36.2 Å². The fourth-order valence-electron chi connectivity index (χ4n) is 2.27. The Hall–Kier alpha value is -1.36. The van der Waals surface area contributed by atoms with Crippen LogP contribution in [-0.4, -0.2) is 31.9 Å². The number of hydrogen-bond donors (Lipinski definition) is 1. The van der Waals surface area contributed by atoms with Crippen LogP contribution in [0.5, 0.6) is 5.75 Å². The number of nitrogens with zero attached hydrogens (tertiary/aromatic N) is 1. The number of carbonyl (C=O) groups excluding carboxylic acids is 1. The number of ether oxygens (including phenoxy) is 1. The quantitative estimate of drug-likeness (QED) is 0.827. The fraction of sp³-hybridized carbons (Fsp3) is 0.417. The average molecular weight is 250 g/mol. The van der Waals surface area contributed by atoms with Crippen molar-refractivity contribution < 1.29 is 9.53 Å². The maximum atomic E-state index is 12.0. The number of thioether (sulfide) groups is 1. The number of benzene rings is 1. The second kappa shape index (κ2) is 4.14. The Labute approximate surface area is 104 Å². The lowest BCUT2D eigenvalue weighted by atomic mass is 10.1. The number of hydrogen-bond acceptors (Lipinski definition) is 4. The van der Waals surface area contributed by atoms with E-state index in [2.05, 4.69) is 5.32 Å². The highest BCUT2D eigenvalue weighted by molar-refractivity contribution is 7.99. The third-order valence-electron chi connectivity index (χ3n) is 3.08. The summed E-state index contributed by atoms with van der Waals surface area (Å²) in [5, 5.41) is 3.34. The van der Waals surface area contributed by atoms with Crippen LogP contribution < -0.4 is 15.0 Å². The van der Waals surface area contributed by atoms with Gasteiger partial charge >= 0.3 is 0 Å². The highest BCUT2D eigenvalue weighted by Gasteiger charge is 2.28. The normalized spacial score (nSPS) is 18.2. The minimum atomic E-state index is 0.226. The molecule has 0 radical (unpaired) electrons. The summed E-state index contributed by atoms with van der Waals surface area (Å²) in [6.07, 6.45) is 0.612. The van der Waals surface area contributed by atoms with Crippen molar-refractivity contribution in [2.75, 3.05) is 36.2 Å². The van der Waals surface area contributed by atoms with Crippen molar-refractivity contribution in [2.24, 2.45) is 0 Å². The van der Waals surface area contributed by atoms with Crippen molar-refractivity contribution in [1.29, 1.82) is 0 Å². The van der Waals surface area contributed by atoms with E-state index in [-0.39, 0.29) is 5.91 Å². The molecule has 17 heavy (non-hydrogen) atoms. The van der Waals surface area contributed by atoms with Crippen molar-refractivity contribution in [1.82, 2.24) is 0 Å². The zero-order valence-electron chi connectivity index (χ0n) is 9.66. The molecule has 0 saturated heterocycles. The van der Waals surface area contributed by atoms with Gasteiger partial charge in [-0.15, -0.1) is 11.8 Å². The molecule has 2 aliphatic rings. The third kappa shape index (κ3) is 1.74. The van der Waals surface area contributed by atoms with Gasteiger partial charge in [-0.1, -0.05) is 0 Å². The molecule has 0 saturated carbocycles. The fourth-order valence-corrected chi connectivity index (χ4v) is 3.32. The molecule has 0 unspecified atom stereocenters. The number of methoxy groups -OCH3 is 1. The largest absolute Gasteiger partial charge is 0.497 e. The molecule has 0 aliphatic carbocycles. The number of anilines is 2. The van der Waals surface area contributed by atoms with Gasteiger partial charge in [0.2, 0.25) is 5.91 Å². The van der Waals surface area contributed by atoms with E-state index in [9.17, 15) is 4.79 Å². The Balaban J connectivity index is 2.17. The van der Waals surface area contributed by atoms with Crippen LogP contribution in [-0.2, 0) is 4.79 Å². The summed E-state index contributed by atoms with van der Waals surface area (Å²) >= 11 is 1.73. The molecule has 2 aliphatic heterocycles. The first-order chi connectivity index (χ1) is 8.29. The molecular weight excluding hydrogens is 236 g/mol. The summed E-state index contributed by atoms with van der Waals surface area (Å²) in [6.45, 7) is 1.56. The summed E-state index contributed by atoms with van der Waals surface area (Å²) in [6, 6.07) is 3.98. The van der Waals surface area contributed by atoms with Crippen molar-refractivity contribution in [3.63, 3.8) is 0 Å². The van der Waals surface area contributed by atoms with E-state index in [4.69, 9.17) is 4.74 Å². The molecule has 90 valence electrons. The van der Waals surface area contributed by atoms with Crippen molar-refractivity contribution in [3.05, 3.63) is 12.1 Å². The summed E-state index contributed by atoms with van der Waals surface area (Å²) in [5.74, 6) is 1.91. The predicted octanol–water partition coefficient (Wildman–Crippen LogP) is 1.95. The molecule has 3 rings (SSSR count). The maximum Gasteiger partial charge on any atom is 0.227 e. The molecule has 0 fully saturated rings. The molecular formula is C12H14N2O2S. The highest BCUT2D eigenvalue weighted by Crippen LogP contribution is 2.43. The van der Waals surface area contributed by atoms with Gasteiger partial charge < -0.3 is 15.0 Å². The van der Waals surface area contributed by atoms with Crippen LogP contribution in [0.1, 0.15) is 6.42 Å². The van der Waals surface area contributed by atoms with Gasteiger partial charge in [-0.05, 0) is 6.07 Å². The van der Waals surface area contributed by atoms with E-state index in [1.165, 1.54) is 0 Å². The van der Waals surface area contributed by atoms with E-state index in [1.807, 2.05) is 17.0 Å². The number of amides is 1. The van der Waals surface area contributed by atoms with Crippen LogP contribution in [0.3, 0.4) is 0 Å². The Bertz CT molecular complexity index is 476. The number of rotatable bonds is 1. The standard InChI is InChI=1S/C12H14N2O2S/c1-16-8-6-9-12-10(7-8)17-5-2-11(15)14(12)4-3-13-9/h6-7,13H,2-5H2,1H3. The molecule has 5 heteroatoms. The summed E-state index contributed by atoms with van der Waals surface area (Å²) < 4.78 is 5.29. The first-order valence-electron chi connectivity index (χ1n) is 5.68. The summed E-state index contributed by atoms with van der Waals surface area (Å²) in [7, 11) is 1.67. The Kier molecular flexibility index (Phi) is 2.63. The molecule has 0 bridgehead atoms. The Morgan fingerprint density at radius 3 is 3.18 bits per heavy atom. The first kappa shape index (κ1) is 10.8. The van der Waals surface area contributed by atoms with Gasteiger partial charge in [-0.2, -0.15) is 0 Å². The SMILES string of the molecule is COc1cc2c3c(c1)SCCC(=O)N3CCN2. The zero-order valence-corrected chi connectivity index (χ0v) is 10.5. The average Bonchev–Trinajstić information content (AvgIpc) is 2.51. The topological polar surface area (TPSA) is 41.6 Å². The molecule has 0 spiro atoms. The van der Waals surface area contributed by atoms with Crippen molar-refractivity contribution in [3.8, 4) is 5.75 Å². The molecule has 1 amide bonds. The third-order valence-corrected chi connectivity index (χ3v) is 4.11. The smallest absolute Gasteiger partial charge is 0.227 e. The van der Waals surface area contributed by atoms with Crippen LogP contribution in [0.2, 0.25) is 0 Å². The van der Waals surface area contributed by atoms with Crippen LogP contribution in [0.25, 0.3) is 0 Å². The molecule has 4 nitrogen and oxygen atoms in total. The van der Waals surface area contributed by atoms with Gasteiger partial charge in [0.15, 0.2) is 0 Å². The second-order valence-electron chi connectivity index (χ2n) is 4.09. The van der Waals surface area contributed by atoms with Gasteiger partial charge in [0.25, 0.3) is 0 Å². The lowest BCUT2D eigenvalue weighted by Gasteiger charge is -2.30. The lowest BCUT2D eigenvalue weighted by molar-refractivity contribution is -0.118. The van der Waals surface area contributed by atoms with E-state index in [0.29, 0.717) is 6.42 Å². The van der Waals surface area contributed by atoms with Crippen molar-refractivity contribution >= 4 is 29.0 Å².